The van der Waals surface area contributed by atoms with Gasteiger partial charge >= 0.3 is 0 Å². The minimum atomic E-state index is 0.0817. The molecule has 1 atom stereocenters. The summed E-state index contributed by atoms with van der Waals surface area (Å²) in [5.41, 5.74) is 5.77. The molecule has 118 valence electrons. The van der Waals surface area contributed by atoms with Crippen molar-refractivity contribution in [2.24, 2.45) is 0 Å². The van der Waals surface area contributed by atoms with Crippen LogP contribution in [0.5, 0.6) is 0 Å². The Balaban J connectivity index is 1.79. The summed E-state index contributed by atoms with van der Waals surface area (Å²) in [7, 11) is 0. The zero-order valence-corrected chi connectivity index (χ0v) is 13.2. The van der Waals surface area contributed by atoms with Crippen LogP contribution in [0, 0.1) is 0 Å². The first-order chi connectivity index (χ1) is 11.8. The highest BCUT2D eigenvalue weighted by atomic mass is 16.5. The summed E-state index contributed by atoms with van der Waals surface area (Å²) in [6.07, 6.45) is 4.28. The molecule has 0 spiro atoms. The van der Waals surface area contributed by atoms with Crippen LogP contribution >= 0.6 is 0 Å². The van der Waals surface area contributed by atoms with Crippen molar-refractivity contribution >= 4 is 5.78 Å². The molecule has 0 aliphatic carbocycles. The third-order valence-electron chi connectivity index (χ3n) is 5.00. The van der Waals surface area contributed by atoms with Crippen LogP contribution in [0.2, 0.25) is 0 Å². The molecule has 1 saturated heterocycles. The van der Waals surface area contributed by atoms with Gasteiger partial charge in [-0.3, -0.25) is 4.79 Å². The van der Waals surface area contributed by atoms with Crippen molar-refractivity contribution in [1.29, 1.82) is 0 Å². The van der Waals surface area contributed by atoms with Gasteiger partial charge in [0.15, 0.2) is 0 Å². The van der Waals surface area contributed by atoms with E-state index in [2.05, 4.69) is 22.9 Å². The summed E-state index contributed by atoms with van der Waals surface area (Å²) in [5, 5.41) is 0. The van der Waals surface area contributed by atoms with Crippen LogP contribution in [-0.2, 0) is 4.74 Å². The van der Waals surface area contributed by atoms with Crippen molar-refractivity contribution in [2.75, 3.05) is 6.61 Å². The lowest BCUT2D eigenvalue weighted by Crippen LogP contribution is -2.01. The Kier molecular flexibility index (Phi) is 2.97. The molecule has 0 N–H and O–H groups in total. The van der Waals surface area contributed by atoms with Crippen molar-refractivity contribution in [3.8, 4) is 16.8 Å². The molecule has 2 aromatic carbocycles. The summed E-state index contributed by atoms with van der Waals surface area (Å²) in [5.74, 6) is 0.105. The van der Waals surface area contributed by atoms with Crippen LogP contribution in [0.1, 0.15) is 40.6 Å². The highest BCUT2D eigenvalue weighted by molar-refractivity contribution is 6.17. The molecule has 3 heteroatoms. The molecule has 1 aromatic heterocycles. The standard InChI is InChI=1S/C21H17NO2/c23-21-15-9-4-5-10-17(15)22-13-16(18-11-6-12-24-18)19(20(21)22)14-7-2-1-3-8-14/h1-5,7-10,13,18H,6,11-12H2. The number of ketones is 1. The van der Waals surface area contributed by atoms with E-state index in [0.717, 1.165) is 53.1 Å². The third-order valence-corrected chi connectivity index (χ3v) is 5.00. The number of benzene rings is 2. The Labute approximate surface area is 140 Å². The Morgan fingerprint density at radius 2 is 1.79 bits per heavy atom. The van der Waals surface area contributed by atoms with Crippen LogP contribution in [0.4, 0.5) is 0 Å². The van der Waals surface area contributed by atoms with Crippen molar-refractivity contribution in [3.05, 3.63) is 77.6 Å². The monoisotopic (exact) mass is 315 g/mol. The fourth-order valence-electron chi connectivity index (χ4n) is 3.92. The number of carbonyl (C=O) groups excluding carboxylic acids is 1. The van der Waals surface area contributed by atoms with E-state index in [4.69, 9.17) is 4.74 Å². The first-order valence-electron chi connectivity index (χ1n) is 8.41. The van der Waals surface area contributed by atoms with E-state index >= 15 is 0 Å². The molecule has 3 heterocycles. The van der Waals surface area contributed by atoms with E-state index in [-0.39, 0.29) is 11.9 Å². The number of ether oxygens (including phenoxy) is 1. The summed E-state index contributed by atoms with van der Waals surface area (Å²) in [6.45, 7) is 0.796. The van der Waals surface area contributed by atoms with Gasteiger partial charge in [-0.25, -0.2) is 0 Å². The number of hydrogen-bond donors (Lipinski definition) is 0. The van der Waals surface area contributed by atoms with Gasteiger partial charge in [0.2, 0.25) is 5.78 Å². The molecule has 24 heavy (non-hydrogen) atoms. The second kappa shape index (κ2) is 5.18. The first-order valence-corrected chi connectivity index (χ1v) is 8.41. The van der Waals surface area contributed by atoms with E-state index in [9.17, 15) is 4.79 Å². The van der Waals surface area contributed by atoms with Crippen LogP contribution < -0.4 is 0 Å². The van der Waals surface area contributed by atoms with Gasteiger partial charge in [-0.15, -0.1) is 0 Å². The number of rotatable bonds is 2. The molecule has 5 rings (SSSR count). The number of carbonyl (C=O) groups is 1. The van der Waals surface area contributed by atoms with Gasteiger partial charge in [0.1, 0.15) is 5.69 Å². The topological polar surface area (TPSA) is 31.2 Å². The molecule has 0 bridgehead atoms. The minimum absolute atomic E-state index is 0.0817. The number of nitrogens with zero attached hydrogens (tertiary/aromatic N) is 1. The van der Waals surface area contributed by atoms with Gasteiger partial charge in [0.25, 0.3) is 0 Å². The Morgan fingerprint density at radius 3 is 2.58 bits per heavy atom. The predicted molar refractivity (Wildman–Crippen MR) is 92.6 cm³/mol. The average molecular weight is 315 g/mol. The number of aromatic nitrogens is 1. The van der Waals surface area contributed by atoms with Gasteiger partial charge in [-0.05, 0) is 30.5 Å². The highest BCUT2D eigenvalue weighted by Gasteiger charge is 2.35. The lowest BCUT2D eigenvalue weighted by molar-refractivity contribution is 0.104. The normalized spacial score (nSPS) is 18.7. The van der Waals surface area contributed by atoms with Crippen molar-refractivity contribution < 1.29 is 9.53 Å². The van der Waals surface area contributed by atoms with E-state index in [1.807, 2.05) is 42.5 Å². The zero-order valence-electron chi connectivity index (χ0n) is 13.2. The Morgan fingerprint density at radius 1 is 1.00 bits per heavy atom. The van der Waals surface area contributed by atoms with Crippen LogP contribution in [0.3, 0.4) is 0 Å². The molecule has 3 aromatic rings. The van der Waals surface area contributed by atoms with Crippen molar-refractivity contribution in [1.82, 2.24) is 4.57 Å². The van der Waals surface area contributed by atoms with Gasteiger partial charge in [0.05, 0.1) is 11.8 Å². The molecule has 3 nitrogen and oxygen atoms in total. The van der Waals surface area contributed by atoms with Crippen LogP contribution in [-0.4, -0.2) is 17.0 Å². The lowest BCUT2D eigenvalue weighted by Gasteiger charge is -2.12. The zero-order chi connectivity index (χ0) is 16.1. The van der Waals surface area contributed by atoms with E-state index < -0.39 is 0 Å². The van der Waals surface area contributed by atoms with Gasteiger partial charge < -0.3 is 9.30 Å². The van der Waals surface area contributed by atoms with Crippen molar-refractivity contribution in [3.63, 3.8) is 0 Å². The third kappa shape index (κ3) is 1.85. The van der Waals surface area contributed by atoms with Gasteiger partial charge in [-0.1, -0.05) is 42.5 Å². The quantitative estimate of drug-likeness (QED) is 0.544. The largest absolute Gasteiger partial charge is 0.373 e. The van der Waals surface area contributed by atoms with Crippen molar-refractivity contribution in [2.45, 2.75) is 18.9 Å². The number of para-hydroxylation sites is 1. The Bertz CT molecular complexity index is 934. The van der Waals surface area contributed by atoms with Crippen LogP contribution in [0.25, 0.3) is 16.8 Å². The van der Waals surface area contributed by atoms with Gasteiger partial charge in [-0.2, -0.15) is 0 Å². The second-order valence-electron chi connectivity index (χ2n) is 6.39. The first kappa shape index (κ1) is 13.8. The molecule has 2 aliphatic rings. The van der Waals surface area contributed by atoms with Gasteiger partial charge in [0, 0.05) is 29.5 Å². The van der Waals surface area contributed by atoms with Crippen LogP contribution in [0.15, 0.2) is 60.8 Å². The fourth-order valence-corrected chi connectivity index (χ4v) is 3.92. The molecule has 2 aliphatic heterocycles. The Hall–Kier alpha value is -2.65. The maximum atomic E-state index is 13.0. The van der Waals surface area contributed by atoms with E-state index in [0.29, 0.717) is 0 Å². The molecule has 1 fully saturated rings. The molecule has 0 saturated carbocycles. The maximum absolute atomic E-state index is 13.0. The molecule has 0 amide bonds. The predicted octanol–water partition coefficient (Wildman–Crippen LogP) is 4.54. The summed E-state index contributed by atoms with van der Waals surface area (Å²) >= 11 is 0. The number of hydrogen-bond acceptors (Lipinski definition) is 2. The second-order valence-corrected chi connectivity index (χ2v) is 6.39. The molecular weight excluding hydrogens is 298 g/mol. The summed E-state index contributed by atoms with van der Waals surface area (Å²) < 4.78 is 7.99. The number of fused-ring (bicyclic) bond motifs is 3. The average Bonchev–Trinajstić information content (AvgIpc) is 3.33. The SMILES string of the molecule is O=C1c2ccccc2-n2cc(C3CCCO3)c(-c3ccccc3)c21. The van der Waals surface area contributed by atoms with E-state index in [1.54, 1.807) is 0 Å². The van der Waals surface area contributed by atoms with E-state index in [1.165, 1.54) is 0 Å². The molecule has 0 radical (unpaired) electrons. The minimum Gasteiger partial charge on any atom is -0.373 e. The smallest absolute Gasteiger partial charge is 0.212 e. The maximum Gasteiger partial charge on any atom is 0.212 e. The molecule has 1 unspecified atom stereocenters. The lowest BCUT2D eigenvalue weighted by atomic mass is 9.95. The molecular formula is C21H17NO2. The highest BCUT2D eigenvalue weighted by Crippen LogP contribution is 2.43. The summed E-state index contributed by atoms with van der Waals surface area (Å²) in [6, 6.07) is 18.0. The fraction of sp³-hybridized carbons (Fsp3) is 0.190. The summed E-state index contributed by atoms with van der Waals surface area (Å²) in [4.78, 5) is 13.0.